The second-order valence-electron chi connectivity index (χ2n) is 7.77. The van der Waals surface area contributed by atoms with Crippen molar-refractivity contribution in [3.63, 3.8) is 0 Å². The lowest BCUT2D eigenvalue weighted by Gasteiger charge is -2.06. The molecule has 0 bridgehead atoms. The van der Waals surface area contributed by atoms with Crippen molar-refractivity contribution in [1.29, 1.82) is 0 Å². The molecule has 1 aromatic carbocycles. The lowest BCUT2D eigenvalue weighted by molar-refractivity contribution is 0.0524. The van der Waals surface area contributed by atoms with Crippen molar-refractivity contribution in [2.75, 3.05) is 6.61 Å². The molecule has 0 amide bonds. The monoisotopic (exact) mass is 448 g/mol. The van der Waals surface area contributed by atoms with E-state index in [1.54, 1.807) is 35.3 Å². The highest BCUT2D eigenvalue weighted by molar-refractivity contribution is 5.92. The summed E-state index contributed by atoms with van der Waals surface area (Å²) in [5.41, 5.74) is 6.13. The van der Waals surface area contributed by atoms with Crippen molar-refractivity contribution in [3.8, 4) is 17.1 Å². The second-order valence-corrected chi connectivity index (χ2v) is 7.77. The Balaban J connectivity index is 1.66. The third kappa shape index (κ3) is 4.26. The number of hydrogen-bond acceptors (Lipinski definition) is 6. The van der Waals surface area contributed by atoms with Gasteiger partial charge in [-0.05, 0) is 57.5 Å². The van der Waals surface area contributed by atoms with Crippen LogP contribution in [-0.2, 0) is 18.2 Å². The Morgan fingerprint density at radius 2 is 1.82 bits per heavy atom. The summed E-state index contributed by atoms with van der Waals surface area (Å²) in [5, 5.41) is 9.15. The van der Waals surface area contributed by atoms with Gasteiger partial charge in [-0.2, -0.15) is 10.2 Å². The minimum absolute atomic E-state index is 0.275. The molecular formula is C24H25FN6O2. The number of aromatic nitrogens is 6. The highest BCUT2D eigenvalue weighted by Crippen LogP contribution is 2.27. The number of carbonyl (C=O) groups excluding carboxylic acids is 1. The van der Waals surface area contributed by atoms with Crippen LogP contribution in [0, 0.1) is 26.6 Å². The highest BCUT2D eigenvalue weighted by atomic mass is 19.1. The van der Waals surface area contributed by atoms with E-state index in [2.05, 4.69) is 20.2 Å². The summed E-state index contributed by atoms with van der Waals surface area (Å²) in [6.45, 7) is 7.64. The van der Waals surface area contributed by atoms with Gasteiger partial charge in [-0.25, -0.2) is 23.8 Å². The highest BCUT2D eigenvalue weighted by Gasteiger charge is 2.21. The molecular weight excluding hydrogens is 423 g/mol. The van der Waals surface area contributed by atoms with Crippen LogP contribution in [0.3, 0.4) is 0 Å². The van der Waals surface area contributed by atoms with Crippen LogP contribution in [-0.4, -0.2) is 42.1 Å². The number of benzene rings is 1. The van der Waals surface area contributed by atoms with Gasteiger partial charge in [-0.1, -0.05) is 0 Å². The number of hydrogen-bond donors (Lipinski definition) is 0. The van der Waals surface area contributed by atoms with Gasteiger partial charge in [0.25, 0.3) is 0 Å². The summed E-state index contributed by atoms with van der Waals surface area (Å²) < 4.78 is 21.9. The van der Waals surface area contributed by atoms with Crippen molar-refractivity contribution in [2.24, 2.45) is 7.05 Å². The summed E-state index contributed by atoms with van der Waals surface area (Å²) in [5.74, 6) is -0.114. The molecule has 170 valence electrons. The van der Waals surface area contributed by atoms with E-state index in [0.717, 1.165) is 28.2 Å². The summed E-state index contributed by atoms with van der Waals surface area (Å²) in [7, 11) is 1.87. The molecule has 0 radical (unpaired) electrons. The Kier molecular flexibility index (Phi) is 6.04. The van der Waals surface area contributed by atoms with E-state index in [4.69, 9.17) is 4.74 Å². The van der Waals surface area contributed by atoms with E-state index < -0.39 is 5.97 Å². The third-order valence-electron chi connectivity index (χ3n) is 5.55. The number of esters is 1. The first-order valence-corrected chi connectivity index (χ1v) is 10.6. The molecule has 4 aromatic rings. The van der Waals surface area contributed by atoms with Crippen molar-refractivity contribution < 1.29 is 13.9 Å². The van der Waals surface area contributed by atoms with Crippen LogP contribution in [0.1, 0.15) is 45.6 Å². The molecule has 0 unspecified atom stereocenters. The molecule has 0 saturated heterocycles. The summed E-state index contributed by atoms with van der Waals surface area (Å²) in [6, 6.07) is 8.21. The maximum Gasteiger partial charge on any atom is 0.341 e. The van der Waals surface area contributed by atoms with Crippen molar-refractivity contribution in [2.45, 2.75) is 34.1 Å². The SMILES string of the molecule is CCOC(=O)c1c(C)nn(-c2cc(Cc3nn(C)c(-c4ccc(F)cc4)c3C)ncn2)c1C. The van der Waals surface area contributed by atoms with Crippen LogP contribution in [0.25, 0.3) is 17.1 Å². The average molecular weight is 449 g/mol. The van der Waals surface area contributed by atoms with E-state index in [1.807, 2.05) is 27.0 Å². The molecule has 3 aromatic heterocycles. The fourth-order valence-electron chi connectivity index (χ4n) is 4.00. The predicted octanol–water partition coefficient (Wildman–Crippen LogP) is 3.89. The number of halogens is 1. The van der Waals surface area contributed by atoms with Gasteiger partial charge in [0, 0.05) is 25.1 Å². The molecule has 0 aliphatic heterocycles. The van der Waals surface area contributed by atoms with E-state index in [0.29, 0.717) is 35.8 Å². The zero-order valence-electron chi connectivity index (χ0n) is 19.3. The zero-order valence-corrected chi connectivity index (χ0v) is 19.3. The lowest BCUT2D eigenvalue weighted by Crippen LogP contribution is -2.09. The third-order valence-corrected chi connectivity index (χ3v) is 5.55. The predicted molar refractivity (Wildman–Crippen MR) is 121 cm³/mol. The Morgan fingerprint density at radius 3 is 2.52 bits per heavy atom. The Bertz CT molecular complexity index is 1320. The minimum Gasteiger partial charge on any atom is -0.462 e. The van der Waals surface area contributed by atoms with Gasteiger partial charge in [-0.15, -0.1) is 0 Å². The summed E-state index contributed by atoms with van der Waals surface area (Å²) in [4.78, 5) is 21.1. The molecule has 3 heterocycles. The van der Waals surface area contributed by atoms with Gasteiger partial charge in [0.1, 0.15) is 17.7 Å². The fourth-order valence-corrected chi connectivity index (χ4v) is 4.00. The molecule has 0 aliphatic carbocycles. The molecule has 0 fully saturated rings. The smallest absolute Gasteiger partial charge is 0.341 e. The number of carbonyl (C=O) groups is 1. The summed E-state index contributed by atoms with van der Waals surface area (Å²) in [6.07, 6.45) is 1.96. The first-order valence-electron chi connectivity index (χ1n) is 10.6. The van der Waals surface area contributed by atoms with E-state index in [1.165, 1.54) is 18.5 Å². The molecule has 0 spiro atoms. The Morgan fingerprint density at radius 1 is 1.09 bits per heavy atom. The number of rotatable bonds is 6. The van der Waals surface area contributed by atoms with Gasteiger partial charge >= 0.3 is 5.97 Å². The van der Waals surface area contributed by atoms with Crippen LogP contribution >= 0.6 is 0 Å². The Hall–Kier alpha value is -3.88. The van der Waals surface area contributed by atoms with Crippen molar-refractivity contribution >= 4 is 5.97 Å². The van der Waals surface area contributed by atoms with E-state index in [-0.39, 0.29) is 5.82 Å². The summed E-state index contributed by atoms with van der Waals surface area (Å²) >= 11 is 0. The standard InChI is InChI=1S/C24H25FN6O2/c1-6-33-24(32)22-15(3)28-31(16(22)4)21-12-19(26-13-27-21)11-20-14(2)23(30(5)29-20)17-7-9-18(25)10-8-17/h7-10,12-13H,6,11H2,1-5H3. The average Bonchev–Trinajstić information content (AvgIpc) is 3.23. The normalized spacial score (nSPS) is 11.1. The van der Waals surface area contributed by atoms with Gasteiger partial charge < -0.3 is 4.74 Å². The largest absolute Gasteiger partial charge is 0.462 e. The zero-order chi connectivity index (χ0) is 23.7. The van der Waals surface area contributed by atoms with Crippen LogP contribution in [0.5, 0.6) is 0 Å². The maximum atomic E-state index is 13.3. The molecule has 9 heteroatoms. The molecule has 0 atom stereocenters. The minimum atomic E-state index is -0.398. The molecule has 8 nitrogen and oxygen atoms in total. The maximum absolute atomic E-state index is 13.3. The van der Waals surface area contributed by atoms with Crippen LogP contribution in [0.4, 0.5) is 4.39 Å². The van der Waals surface area contributed by atoms with Crippen LogP contribution in [0.2, 0.25) is 0 Å². The van der Waals surface area contributed by atoms with Crippen LogP contribution < -0.4 is 0 Å². The van der Waals surface area contributed by atoms with Gasteiger partial charge in [0.2, 0.25) is 0 Å². The Labute approximate surface area is 191 Å². The lowest BCUT2D eigenvalue weighted by atomic mass is 10.0. The van der Waals surface area contributed by atoms with Gasteiger partial charge in [-0.3, -0.25) is 4.68 Å². The van der Waals surface area contributed by atoms with Gasteiger partial charge in [0.15, 0.2) is 5.82 Å². The van der Waals surface area contributed by atoms with Crippen LogP contribution in [0.15, 0.2) is 36.7 Å². The van der Waals surface area contributed by atoms with Crippen molar-refractivity contribution in [3.05, 3.63) is 76.4 Å². The fraction of sp³-hybridized carbons (Fsp3) is 0.292. The molecule has 0 N–H and O–H groups in total. The first-order chi connectivity index (χ1) is 15.8. The number of ether oxygens (including phenoxy) is 1. The first kappa shape index (κ1) is 22.3. The number of nitrogens with zero attached hydrogens (tertiary/aromatic N) is 6. The number of aryl methyl sites for hydroxylation is 2. The second kappa shape index (κ2) is 8.93. The molecule has 33 heavy (non-hydrogen) atoms. The van der Waals surface area contributed by atoms with E-state index >= 15 is 0 Å². The van der Waals surface area contributed by atoms with Gasteiger partial charge in [0.05, 0.1) is 35.1 Å². The molecule has 4 rings (SSSR count). The topological polar surface area (TPSA) is 87.7 Å². The quantitative estimate of drug-likeness (QED) is 0.416. The van der Waals surface area contributed by atoms with E-state index in [9.17, 15) is 9.18 Å². The van der Waals surface area contributed by atoms with Crippen molar-refractivity contribution in [1.82, 2.24) is 29.5 Å². The molecule has 0 aliphatic rings. The molecule has 0 saturated carbocycles.